The van der Waals surface area contributed by atoms with E-state index in [9.17, 15) is 9.59 Å². The lowest BCUT2D eigenvalue weighted by atomic mass is 10.1. The lowest BCUT2D eigenvalue weighted by Crippen LogP contribution is -2.33. The molecular weight excluding hydrogens is 472 g/mol. The fourth-order valence-corrected chi connectivity index (χ4v) is 5.34. The first kappa shape index (κ1) is 22.4. The van der Waals surface area contributed by atoms with E-state index < -0.39 is 0 Å². The lowest BCUT2D eigenvalue weighted by molar-refractivity contribution is 0.0948. The normalized spacial score (nSPS) is 14.4. The van der Waals surface area contributed by atoms with Crippen molar-refractivity contribution in [3.05, 3.63) is 82.3 Å². The van der Waals surface area contributed by atoms with Crippen LogP contribution in [0.15, 0.2) is 66.7 Å². The van der Waals surface area contributed by atoms with Gasteiger partial charge in [-0.1, -0.05) is 24.3 Å². The number of nitrogens with zero attached hydrogens (tertiary/aromatic N) is 3. The van der Waals surface area contributed by atoms with E-state index in [1.165, 1.54) is 11.3 Å². The number of nitrogens with one attached hydrogen (secondary N) is 1. The summed E-state index contributed by atoms with van der Waals surface area (Å²) in [5.74, 6) is 0.488. The molecule has 180 valence electrons. The van der Waals surface area contributed by atoms with Gasteiger partial charge < -0.3 is 15.0 Å². The number of carbonyl (C=O) groups excluding carboxylic acids is 2. The van der Waals surface area contributed by atoms with Crippen LogP contribution < -0.4 is 15.0 Å². The number of rotatable bonds is 5. The van der Waals surface area contributed by atoms with E-state index in [0.29, 0.717) is 23.7 Å². The van der Waals surface area contributed by atoms with Crippen molar-refractivity contribution in [2.45, 2.75) is 25.3 Å². The fraction of sp³-hybridized carbons (Fsp3) is 0.214. The van der Waals surface area contributed by atoms with Crippen LogP contribution in [0.5, 0.6) is 5.75 Å². The maximum Gasteiger partial charge on any atom is 0.280 e. The molecule has 2 amide bonds. The molecule has 0 spiro atoms. The Bertz CT molecular complexity index is 1460. The topological polar surface area (TPSA) is 84.4 Å². The molecule has 1 N–H and O–H groups in total. The van der Waals surface area contributed by atoms with Gasteiger partial charge >= 0.3 is 0 Å². The van der Waals surface area contributed by atoms with Gasteiger partial charge in [-0.2, -0.15) is 0 Å². The third-order valence-electron chi connectivity index (χ3n) is 6.42. The summed E-state index contributed by atoms with van der Waals surface area (Å²) >= 11 is 1.42. The number of hydrogen-bond donors (Lipinski definition) is 1. The summed E-state index contributed by atoms with van der Waals surface area (Å²) in [6, 6.07) is 21.1. The van der Waals surface area contributed by atoms with Crippen molar-refractivity contribution in [1.29, 1.82) is 0 Å². The van der Waals surface area contributed by atoms with Crippen LogP contribution in [0.3, 0.4) is 0 Å². The van der Waals surface area contributed by atoms with Gasteiger partial charge in [0.15, 0.2) is 5.01 Å². The average molecular weight is 497 g/mol. The predicted octanol–water partition coefficient (Wildman–Crippen LogP) is 4.98. The van der Waals surface area contributed by atoms with Gasteiger partial charge in [0.05, 0.1) is 24.2 Å². The molecule has 1 aliphatic heterocycles. The van der Waals surface area contributed by atoms with Gasteiger partial charge in [0.1, 0.15) is 11.4 Å². The molecule has 2 aromatic carbocycles. The maximum atomic E-state index is 13.7. The zero-order valence-corrected chi connectivity index (χ0v) is 20.5. The highest BCUT2D eigenvalue weighted by atomic mass is 32.1. The van der Waals surface area contributed by atoms with Gasteiger partial charge in [-0.15, -0.1) is 11.3 Å². The Balaban J connectivity index is 1.32. The minimum Gasteiger partial charge on any atom is -0.497 e. The molecule has 6 rings (SSSR count). The van der Waals surface area contributed by atoms with E-state index in [1.54, 1.807) is 18.1 Å². The van der Waals surface area contributed by atoms with E-state index in [1.807, 2.05) is 60.7 Å². The highest BCUT2D eigenvalue weighted by Gasteiger charge is 2.30. The van der Waals surface area contributed by atoms with E-state index >= 15 is 0 Å². The van der Waals surface area contributed by atoms with Crippen molar-refractivity contribution < 1.29 is 14.3 Å². The molecule has 8 heteroatoms. The van der Waals surface area contributed by atoms with Crippen LogP contribution in [0.1, 0.15) is 38.0 Å². The van der Waals surface area contributed by atoms with Gasteiger partial charge in [-0.05, 0) is 55.3 Å². The largest absolute Gasteiger partial charge is 0.497 e. The van der Waals surface area contributed by atoms with Crippen LogP contribution in [-0.4, -0.2) is 41.5 Å². The molecule has 0 atom stereocenters. The Morgan fingerprint density at radius 2 is 1.81 bits per heavy atom. The number of para-hydroxylation sites is 1. The van der Waals surface area contributed by atoms with Crippen LogP contribution in [0.25, 0.3) is 22.5 Å². The first-order valence-electron chi connectivity index (χ1n) is 11.9. The Morgan fingerprint density at radius 1 is 1.00 bits per heavy atom. The molecule has 4 aromatic rings. The summed E-state index contributed by atoms with van der Waals surface area (Å²) in [6.07, 6.45) is 2.68. The van der Waals surface area contributed by atoms with Gasteiger partial charge in [-0.3, -0.25) is 9.59 Å². The molecule has 2 aliphatic rings. The van der Waals surface area contributed by atoms with Crippen molar-refractivity contribution in [2.24, 2.45) is 0 Å². The monoisotopic (exact) mass is 496 g/mol. The highest BCUT2D eigenvalue weighted by molar-refractivity contribution is 7.14. The number of carbonyl (C=O) groups is 2. The molecule has 3 heterocycles. The minimum atomic E-state index is -0.167. The second-order valence-electron chi connectivity index (χ2n) is 8.90. The van der Waals surface area contributed by atoms with Gasteiger partial charge in [-0.25, -0.2) is 9.97 Å². The van der Waals surface area contributed by atoms with Gasteiger partial charge in [0.25, 0.3) is 11.8 Å². The van der Waals surface area contributed by atoms with Crippen LogP contribution >= 0.6 is 11.3 Å². The Labute approximate surface area is 212 Å². The summed E-state index contributed by atoms with van der Waals surface area (Å²) in [6.45, 7) is 0.475. The smallest absolute Gasteiger partial charge is 0.280 e. The third kappa shape index (κ3) is 4.24. The number of benzene rings is 2. The minimum absolute atomic E-state index is 0.111. The predicted molar refractivity (Wildman–Crippen MR) is 140 cm³/mol. The molecule has 7 nitrogen and oxygen atoms in total. The highest BCUT2D eigenvalue weighted by Crippen LogP contribution is 2.39. The number of methoxy groups -OCH3 is 1. The van der Waals surface area contributed by atoms with Crippen LogP contribution in [0.4, 0.5) is 5.69 Å². The molecule has 1 saturated carbocycles. The zero-order chi connectivity index (χ0) is 24.6. The van der Waals surface area contributed by atoms with Crippen LogP contribution in [0.2, 0.25) is 0 Å². The summed E-state index contributed by atoms with van der Waals surface area (Å²) in [5, 5.41) is 3.50. The Kier molecular flexibility index (Phi) is 5.73. The van der Waals surface area contributed by atoms with E-state index in [0.717, 1.165) is 51.7 Å². The van der Waals surface area contributed by atoms with Crippen molar-refractivity contribution in [3.8, 4) is 28.3 Å². The quantitative estimate of drug-likeness (QED) is 0.422. The molecule has 0 unspecified atom stereocenters. The first-order valence-corrected chi connectivity index (χ1v) is 12.8. The number of amides is 2. The van der Waals surface area contributed by atoms with E-state index in [2.05, 4.69) is 10.3 Å². The molecule has 1 aliphatic carbocycles. The second-order valence-corrected chi connectivity index (χ2v) is 9.98. The summed E-state index contributed by atoms with van der Waals surface area (Å²) in [7, 11) is 1.63. The van der Waals surface area contributed by atoms with Crippen LogP contribution in [-0.2, 0) is 6.42 Å². The van der Waals surface area contributed by atoms with E-state index in [4.69, 9.17) is 9.72 Å². The number of aromatic nitrogens is 2. The standard InChI is InChI=1S/C28H24N4O3S/c1-35-19-13-9-17(10-14-19)21-6-4-7-22(30-21)28(34)32-16-15-24-25(20-5-2-3-8-23(20)32)31-27(36-24)26(33)29-18-11-12-18/h2-10,13-14,18H,11-12,15-16H2,1H3,(H,29,33). The molecule has 0 saturated heterocycles. The SMILES string of the molecule is COc1ccc(-c2cccc(C(=O)N3CCc4sc(C(=O)NC5CC5)nc4-c4ccccc43)n2)cc1. The molecule has 0 bridgehead atoms. The Morgan fingerprint density at radius 3 is 2.58 bits per heavy atom. The second kappa shape index (κ2) is 9.20. The van der Waals surface area contributed by atoms with Gasteiger partial charge in [0, 0.05) is 35.0 Å². The van der Waals surface area contributed by atoms with E-state index in [-0.39, 0.29) is 17.9 Å². The summed E-state index contributed by atoms with van der Waals surface area (Å²) < 4.78 is 5.24. The van der Waals surface area contributed by atoms with Crippen molar-refractivity contribution in [2.75, 3.05) is 18.6 Å². The van der Waals surface area contributed by atoms with Crippen molar-refractivity contribution in [3.63, 3.8) is 0 Å². The van der Waals surface area contributed by atoms with Gasteiger partial charge in [0.2, 0.25) is 0 Å². The number of anilines is 1. The van der Waals surface area contributed by atoms with Crippen molar-refractivity contribution >= 4 is 28.8 Å². The fourth-order valence-electron chi connectivity index (χ4n) is 4.37. The number of thiazole rings is 1. The Hall–Kier alpha value is -4.04. The number of fused-ring (bicyclic) bond motifs is 3. The maximum absolute atomic E-state index is 13.7. The molecule has 1 fully saturated rings. The summed E-state index contributed by atoms with van der Waals surface area (Å²) in [4.78, 5) is 38.5. The molecular formula is C28H24N4O3S. The summed E-state index contributed by atoms with van der Waals surface area (Å²) in [5.41, 5.74) is 4.42. The molecule has 2 aromatic heterocycles. The first-order chi connectivity index (χ1) is 17.6. The van der Waals surface area contributed by atoms with Crippen LogP contribution in [0, 0.1) is 0 Å². The third-order valence-corrected chi connectivity index (χ3v) is 7.53. The number of hydrogen-bond acceptors (Lipinski definition) is 6. The van der Waals surface area contributed by atoms with Crippen molar-refractivity contribution in [1.82, 2.24) is 15.3 Å². The molecule has 0 radical (unpaired) electrons. The average Bonchev–Trinajstić information content (AvgIpc) is 3.67. The lowest BCUT2D eigenvalue weighted by Gasteiger charge is -2.22. The number of pyridine rings is 1. The zero-order valence-electron chi connectivity index (χ0n) is 19.7. The molecule has 36 heavy (non-hydrogen) atoms. The number of ether oxygens (including phenoxy) is 1.